The Balaban J connectivity index is 2.06. The van der Waals surface area contributed by atoms with Crippen LogP contribution in [0.4, 0.5) is 5.69 Å². The lowest BCUT2D eigenvalue weighted by atomic mass is 10.1. The minimum atomic E-state index is 0.0477. The van der Waals surface area contributed by atoms with Crippen LogP contribution in [-0.4, -0.2) is 25.0 Å². The van der Waals surface area contributed by atoms with Gasteiger partial charge in [-0.2, -0.15) is 0 Å². The summed E-state index contributed by atoms with van der Waals surface area (Å²) in [7, 11) is 0. The number of hydrogen-bond donors (Lipinski definition) is 2. The maximum Gasteiger partial charge on any atom is 0.282 e. The number of carbonyl (C=O) groups is 1. The van der Waals surface area contributed by atoms with Gasteiger partial charge in [0.25, 0.3) is 5.91 Å². The first-order chi connectivity index (χ1) is 8.59. The number of anilines is 1. The number of hydrogen-bond acceptors (Lipinski definition) is 1. The van der Waals surface area contributed by atoms with Gasteiger partial charge in [0.2, 0.25) is 0 Å². The van der Waals surface area contributed by atoms with Crippen molar-refractivity contribution >= 4 is 11.6 Å². The molecule has 1 fully saturated rings. The number of carbonyl (C=O) groups excluding carboxylic acids is 1. The highest BCUT2D eigenvalue weighted by molar-refractivity contribution is 5.95. The summed E-state index contributed by atoms with van der Waals surface area (Å²) in [6.07, 6.45) is 2.49. The smallest absolute Gasteiger partial charge is 0.282 e. The van der Waals surface area contributed by atoms with Gasteiger partial charge in [0, 0.05) is 18.5 Å². The van der Waals surface area contributed by atoms with Crippen molar-refractivity contribution in [3.05, 3.63) is 29.3 Å². The third-order valence-electron chi connectivity index (χ3n) is 3.98. The fraction of sp³-hybridized carbons (Fsp3) is 0.533. The maximum atomic E-state index is 12.3. The van der Waals surface area contributed by atoms with E-state index in [4.69, 9.17) is 0 Å². The minimum absolute atomic E-state index is 0.0477. The molecule has 1 heterocycles. The van der Waals surface area contributed by atoms with Crippen molar-refractivity contribution < 1.29 is 9.69 Å². The van der Waals surface area contributed by atoms with Gasteiger partial charge in [0.15, 0.2) is 6.04 Å². The Bertz CT molecular complexity index is 416. The highest BCUT2D eigenvalue weighted by Crippen LogP contribution is 2.19. The third-order valence-corrected chi connectivity index (χ3v) is 3.98. The van der Waals surface area contributed by atoms with E-state index in [1.54, 1.807) is 0 Å². The molecule has 2 rings (SSSR count). The van der Waals surface area contributed by atoms with Gasteiger partial charge in [-0.1, -0.05) is 18.2 Å². The molecule has 0 spiro atoms. The van der Waals surface area contributed by atoms with Gasteiger partial charge in [-0.05, 0) is 31.9 Å². The number of para-hydroxylation sites is 1. The topological polar surface area (TPSA) is 33.5 Å². The van der Waals surface area contributed by atoms with Crippen LogP contribution in [0.15, 0.2) is 18.2 Å². The number of likely N-dealkylation sites (tertiary alicyclic amines) is 1. The van der Waals surface area contributed by atoms with Crippen LogP contribution in [0.5, 0.6) is 0 Å². The average Bonchev–Trinajstić information content (AvgIpc) is 2.86. The fourth-order valence-electron chi connectivity index (χ4n) is 2.69. The Labute approximate surface area is 109 Å². The molecule has 1 aliphatic rings. The van der Waals surface area contributed by atoms with E-state index in [-0.39, 0.29) is 11.9 Å². The molecule has 0 unspecified atom stereocenters. The third kappa shape index (κ3) is 2.72. The molecule has 18 heavy (non-hydrogen) atoms. The van der Waals surface area contributed by atoms with Gasteiger partial charge >= 0.3 is 0 Å². The Morgan fingerprint density at radius 1 is 1.22 bits per heavy atom. The molecule has 1 atom stereocenters. The van der Waals surface area contributed by atoms with E-state index in [1.807, 2.05) is 39.0 Å². The van der Waals surface area contributed by atoms with Crippen LogP contribution in [0.2, 0.25) is 0 Å². The summed E-state index contributed by atoms with van der Waals surface area (Å²) >= 11 is 0. The first kappa shape index (κ1) is 13.1. The minimum Gasteiger partial charge on any atom is -0.325 e. The van der Waals surface area contributed by atoms with Crippen LogP contribution < -0.4 is 10.2 Å². The summed E-state index contributed by atoms with van der Waals surface area (Å²) in [5.41, 5.74) is 3.24. The number of aryl methyl sites for hydroxylation is 2. The number of benzene rings is 1. The normalized spacial score (nSPS) is 17.7. The molecule has 1 amide bonds. The molecule has 0 aromatic heterocycles. The summed E-state index contributed by atoms with van der Waals surface area (Å²) in [4.78, 5) is 13.7. The van der Waals surface area contributed by atoms with Crippen LogP contribution in [-0.2, 0) is 4.79 Å². The molecule has 0 aliphatic carbocycles. The van der Waals surface area contributed by atoms with E-state index < -0.39 is 0 Å². The zero-order chi connectivity index (χ0) is 13.1. The average molecular weight is 247 g/mol. The van der Waals surface area contributed by atoms with Crippen molar-refractivity contribution in [1.29, 1.82) is 0 Å². The van der Waals surface area contributed by atoms with Crippen LogP contribution in [0.25, 0.3) is 0 Å². The zero-order valence-electron chi connectivity index (χ0n) is 11.5. The Morgan fingerprint density at radius 3 is 2.33 bits per heavy atom. The first-order valence-corrected chi connectivity index (χ1v) is 6.81. The Kier molecular flexibility index (Phi) is 4.02. The molecule has 0 bridgehead atoms. The molecule has 3 heteroatoms. The van der Waals surface area contributed by atoms with Crippen LogP contribution in [0, 0.1) is 13.8 Å². The molecular formula is C15H23N2O+. The zero-order valence-corrected chi connectivity index (χ0v) is 11.5. The molecule has 0 radical (unpaired) electrons. The lowest BCUT2D eigenvalue weighted by molar-refractivity contribution is -0.901. The van der Waals surface area contributed by atoms with E-state index in [2.05, 4.69) is 5.32 Å². The Morgan fingerprint density at radius 2 is 1.78 bits per heavy atom. The second kappa shape index (κ2) is 5.53. The predicted molar refractivity (Wildman–Crippen MR) is 73.9 cm³/mol. The molecule has 1 aromatic rings. The molecular weight excluding hydrogens is 224 g/mol. The van der Waals surface area contributed by atoms with Crippen LogP contribution in [0.1, 0.15) is 30.9 Å². The second-order valence-electron chi connectivity index (χ2n) is 5.34. The standard InChI is InChI=1S/C15H22N2O/c1-11-7-6-8-12(2)14(11)16-15(18)13(3)17-9-4-5-10-17/h6-8,13H,4-5,9-10H2,1-3H3,(H,16,18)/p+1/t13-/m1/s1. The van der Waals surface area contributed by atoms with Gasteiger partial charge in [-0.15, -0.1) is 0 Å². The summed E-state index contributed by atoms with van der Waals surface area (Å²) in [5, 5.41) is 3.10. The molecule has 0 saturated carbocycles. The molecule has 1 saturated heterocycles. The number of quaternary nitrogens is 1. The van der Waals surface area contributed by atoms with Crippen molar-refractivity contribution in [2.45, 2.75) is 39.7 Å². The highest BCUT2D eigenvalue weighted by atomic mass is 16.2. The van der Waals surface area contributed by atoms with E-state index in [9.17, 15) is 4.79 Å². The lowest BCUT2D eigenvalue weighted by Gasteiger charge is -2.21. The van der Waals surface area contributed by atoms with Crippen molar-refractivity contribution in [2.24, 2.45) is 0 Å². The largest absolute Gasteiger partial charge is 0.325 e. The van der Waals surface area contributed by atoms with E-state index in [0.717, 1.165) is 29.9 Å². The summed E-state index contributed by atoms with van der Waals surface area (Å²) in [5.74, 6) is 0.143. The molecule has 1 aromatic carbocycles. The van der Waals surface area contributed by atoms with Crippen LogP contribution >= 0.6 is 0 Å². The Hall–Kier alpha value is -1.35. The number of rotatable bonds is 3. The number of amides is 1. The van der Waals surface area contributed by atoms with E-state index in [1.165, 1.54) is 17.7 Å². The van der Waals surface area contributed by atoms with E-state index >= 15 is 0 Å². The number of nitrogens with one attached hydrogen (secondary N) is 2. The molecule has 3 nitrogen and oxygen atoms in total. The van der Waals surface area contributed by atoms with Gasteiger partial charge in [0.05, 0.1) is 13.1 Å². The van der Waals surface area contributed by atoms with Crippen molar-refractivity contribution in [3.8, 4) is 0 Å². The SMILES string of the molecule is Cc1cccc(C)c1NC(=O)[C@@H](C)[NH+]1CCCC1. The van der Waals surface area contributed by atoms with Crippen molar-refractivity contribution in [3.63, 3.8) is 0 Å². The maximum absolute atomic E-state index is 12.3. The predicted octanol–water partition coefficient (Wildman–Crippen LogP) is 1.31. The fourth-order valence-corrected chi connectivity index (χ4v) is 2.69. The lowest BCUT2D eigenvalue weighted by Crippen LogP contribution is -3.14. The quantitative estimate of drug-likeness (QED) is 0.829. The molecule has 1 aliphatic heterocycles. The van der Waals surface area contributed by atoms with Gasteiger partial charge in [-0.3, -0.25) is 4.79 Å². The first-order valence-electron chi connectivity index (χ1n) is 6.81. The van der Waals surface area contributed by atoms with Crippen molar-refractivity contribution in [1.82, 2.24) is 0 Å². The van der Waals surface area contributed by atoms with E-state index in [0.29, 0.717) is 0 Å². The monoisotopic (exact) mass is 247 g/mol. The van der Waals surface area contributed by atoms with Crippen molar-refractivity contribution in [2.75, 3.05) is 18.4 Å². The summed E-state index contributed by atoms with van der Waals surface area (Å²) in [6, 6.07) is 6.15. The molecule has 2 N–H and O–H groups in total. The molecule has 98 valence electrons. The van der Waals surface area contributed by atoms with Crippen LogP contribution in [0.3, 0.4) is 0 Å². The highest BCUT2D eigenvalue weighted by Gasteiger charge is 2.28. The second-order valence-corrected chi connectivity index (χ2v) is 5.34. The summed E-state index contributed by atoms with van der Waals surface area (Å²) < 4.78 is 0. The summed E-state index contributed by atoms with van der Waals surface area (Å²) in [6.45, 7) is 8.36. The van der Waals surface area contributed by atoms with Gasteiger partial charge in [0.1, 0.15) is 0 Å². The van der Waals surface area contributed by atoms with Gasteiger partial charge < -0.3 is 10.2 Å². The van der Waals surface area contributed by atoms with Gasteiger partial charge in [-0.25, -0.2) is 0 Å².